The van der Waals surface area contributed by atoms with Crippen LogP contribution in [-0.2, 0) is 19.0 Å². The number of pyridine rings is 1. The molecule has 8 heteroatoms. The van der Waals surface area contributed by atoms with Crippen LogP contribution in [-0.4, -0.2) is 35.3 Å². The number of amides is 1. The average Bonchev–Trinajstić information content (AvgIpc) is 3.19. The minimum Gasteiger partial charge on any atom is -0.489 e. The zero-order chi connectivity index (χ0) is 22.7. The number of hydrogen-bond donors (Lipinski definition) is 2. The number of carbonyl (C=O) groups excluding carboxylic acids is 1. The Hall–Kier alpha value is -3.39. The van der Waals surface area contributed by atoms with E-state index in [-0.39, 0.29) is 25.2 Å². The molecule has 1 aliphatic rings. The number of rotatable bonds is 6. The highest BCUT2D eigenvalue weighted by atomic mass is 19.4. The third kappa shape index (κ3) is 4.75. The summed E-state index contributed by atoms with van der Waals surface area (Å²) < 4.78 is 45.1. The van der Waals surface area contributed by atoms with Gasteiger partial charge >= 0.3 is 6.18 Å². The zero-order valence-corrected chi connectivity index (χ0v) is 17.0. The van der Waals surface area contributed by atoms with Gasteiger partial charge in [-0.25, -0.2) is 0 Å². The van der Waals surface area contributed by atoms with Gasteiger partial charge in [0.1, 0.15) is 11.9 Å². The second-order valence-electron chi connectivity index (χ2n) is 7.54. The van der Waals surface area contributed by atoms with Crippen LogP contribution in [0, 0.1) is 0 Å². The molecule has 5 nitrogen and oxygen atoms in total. The van der Waals surface area contributed by atoms with E-state index in [1.54, 1.807) is 24.4 Å². The van der Waals surface area contributed by atoms with E-state index in [1.165, 1.54) is 6.07 Å². The van der Waals surface area contributed by atoms with E-state index in [4.69, 9.17) is 9.84 Å². The molecule has 0 aliphatic carbocycles. The summed E-state index contributed by atoms with van der Waals surface area (Å²) in [6.45, 7) is 0.00274. The molecular weight excluding hydrogens is 421 g/mol. The van der Waals surface area contributed by atoms with Crippen molar-refractivity contribution in [1.29, 1.82) is 0 Å². The van der Waals surface area contributed by atoms with Gasteiger partial charge in [0.05, 0.1) is 17.9 Å². The number of ether oxygens (including phenoxy) is 1. The Bertz CT molecular complexity index is 1130. The first kappa shape index (κ1) is 21.8. The predicted molar refractivity (Wildman–Crippen MR) is 112 cm³/mol. The minimum atomic E-state index is -4.39. The first-order valence-corrected chi connectivity index (χ1v) is 10.2. The molecule has 2 N–H and O–H groups in total. The average molecular weight is 442 g/mol. The SMILES string of the molecule is O=C(NCCO)c1ccnc(-c2cccc3c2CC(Cc2cccc(C(F)(F)F)c2)O3)c1. The van der Waals surface area contributed by atoms with E-state index in [9.17, 15) is 18.0 Å². The Morgan fingerprint density at radius 1 is 1.16 bits per heavy atom. The summed E-state index contributed by atoms with van der Waals surface area (Å²) in [5.41, 5.74) is 2.62. The molecule has 4 rings (SSSR count). The van der Waals surface area contributed by atoms with Gasteiger partial charge in [0.25, 0.3) is 5.91 Å². The molecule has 0 radical (unpaired) electrons. The predicted octanol–water partition coefficient (Wildman–Crippen LogP) is 4.04. The first-order valence-electron chi connectivity index (χ1n) is 10.2. The van der Waals surface area contributed by atoms with Crippen molar-refractivity contribution in [3.05, 3.63) is 83.0 Å². The molecule has 0 fully saturated rings. The molecule has 1 aliphatic heterocycles. The maximum Gasteiger partial charge on any atom is 0.416 e. The maximum absolute atomic E-state index is 13.0. The number of alkyl halides is 3. The van der Waals surface area contributed by atoms with Gasteiger partial charge in [-0.15, -0.1) is 0 Å². The normalized spacial score (nSPS) is 15.2. The van der Waals surface area contributed by atoms with Crippen LogP contribution in [0.15, 0.2) is 60.8 Å². The topological polar surface area (TPSA) is 71.5 Å². The second kappa shape index (κ2) is 9.00. The molecule has 0 spiro atoms. The monoisotopic (exact) mass is 442 g/mol. The molecule has 2 aromatic carbocycles. The Morgan fingerprint density at radius 2 is 1.97 bits per heavy atom. The molecular formula is C24H21F3N2O3. The Morgan fingerprint density at radius 3 is 2.75 bits per heavy atom. The molecule has 1 aromatic heterocycles. The molecule has 1 atom stereocenters. The van der Waals surface area contributed by atoms with Gasteiger partial charge in [-0.3, -0.25) is 9.78 Å². The Balaban J connectivity index is 1.55. The standard InChI is InChI=1S/C24H21F3N2O3/c25-24(26,27)17-4-1-3-15(11-17)12-18-14-20-19(5-2-6-22(20)32-18)21-13-16(7-8-28-21)23(31)29-9-10-30/h1-8,11,13,18,30H,9-10,12,14H2,(H,29,31). The summed E-state index contributed by atoms with van der Waals surface area (Å²) in [5.74, 6) is 0.352. The van der Waals surface area contributed by atoms with Gasteiger partial charge in [0.15, 0.2) is 0 Å². The van der Waals surface area contributed by atoms with E-state index >= 15 is 0 Å². The summed E-state index contributed by atoms with van der Waals surface area (Å²) in [4.78, 5) is 16.6. The summed E-state index contributed by atoms with van der Waals surface area (Å²) in [6.07, 6.45) is -2.29. The number of aromatic nitrogens is 1. The highest BCUT2D eigenvalue weighted by Crippen LogP contribution is 2.37. The summed E-state index contributed by atoms with van der Waals surface area (Å²) in [6, 6.07) is 14.1. The fraction of sp³-hybridized carbons (Fsp3) is 0.250. The van der Waals surface area contributed by atoms with Crippen molar-refractivity contribution >= 4 is 5.91 Å². The number of nitrogens with zero attached hydrogens (tertiary/aromatic N) is 1. The second-order valence-corrected chi connectivity index (χ2v) is 7.54. The summed E-state index contributed by atoms with van der Waals surface area (Å²) in [5, 5.41) is 11.5. The van der Waals surface area contributed by atoms with Crippen molar-refractivity contribution in [3.8, 4) is 17.0 Å². The summed E-state index contributed by atoms with van der Waals surface area (Å²) in [7, 11) is 0. The van der Waals surface area contributed by atoms with Gasteiger partial charge in [0, 0.05) is 42.3 Å². The zero-order valence-electron chi connectivity index (χ0n) is 17.0. The largest absolute Gasteiger partial charge is 0.489 e. The Kier molecular flexibility index (Phi) is 6.14. The van der Waals surface area contributed by atoms with E-state index in [0.29, 0.717) is 35.4 Å². The third-order valence-electron chi connectivity index (χ3n) is 5.27. The van der Waals surface area contributed by atoms with Crippen LogP contribution in [0.1, 0.15) is 27.0 Å². The van der Waals surface area contributed by atoms with Crippen LogP contribution < -0.4 is 10.1 Å². The van der Waals surface area contributed by atoms with Crippen molar-refractivity contribution in [2.45, 2.75) is 25.1 Å². The van der Waals surface area contributed by atoms with Crippen molar-refractivity contribution < 1.29 is 27.8 Å². The third-order valence-corrected chi connectivity index (χ3v) is 5.27. The molecule has 0 saturated carbocycles. The van der Waals surface area contributed by atoms with E-state index in [2.05, 4.69) is 10.3 Å². The number of hydrogen-bond acceptors (Lipinski definition) is 4. The number of benzene rings is 2. The van der Waals surface area contributed by atoms with E-state index in [0.717, 1.165) is 23.3 Å². The van der Waals surface area contributed by atoms with Crippen LogP contribution in [0.2, 0.25) is 0 Å². The van der Waals surface area contributed by atoms with Crippen LogP contribution >= 0.6 is 0 Å². The minimum absolute atomic E-state index is 0.152. The smallest absolute Gasteiger partial charge is 0.416 e. The number of aliphatic hydroxyl groups excluding tert-OH is 1. The highest BCUT2D eigenvalue weighted by molar-refractivity contribution is 5.95. The van der Waals surface area contributed by atoms with E-state index < -0.39 is 11.7 Å². The summed E-state index contributed by atoms with van der Waals surface area (Å²) >= 11 is 0. The molecule has 32 heavy (non-hydrogen) atoms. The number of nitrogens with one attached hydrogen (secondary N) is 1. The van der Waals surface area contributed by atoms with Crippen LogP contribution in [0.25, 0.3) is 11.3 Å². The quantitative estimate of drug-likeness (QED) is 0.605. The molecule has 166 valence electrons. The van der Waals surface area contributed by atoms with Crippen molar-refractivity contribution in [1.82, 2.24) is 10.3 Å². The fourth-order valence-electron chi connectivity index (χ4n) is 3.82. The number of halogens is 3. The lowest BCUT2D eigenvalue weighted by molar-refractivity contribution is -0.137. The molecule has 2 heterocycles. The molecule has 3 aromatic rings. The van der Waals surface area contributed by atoms with Gasteiger partial charge < -0.3 is 15.2 Å². The molecule has 0 bridgehead atoms. The van der Waals surface area contributed by atoms with E-state index in [1.807, 2.05) is 18.2 Å². The van der Waals surface area contributed by atoms with Gasteiger partial charge in [-0.1, -0.05) is 30.3 Å². The Labute approximate surface area is 182 Å². The molecule has 0 saturated heterocycles. The van der Waals surface area contributed by atoms with Crippen LogP contribution in [0.4, 0.5) is 13.2 Å². The lowest BCUT2D eigenvalue weighted by Crippen LogP contribution is -2.26. The lowest BCUT2D eigenvalue weighted by atomic mass is 9.96. The lowest BCUT2D eigenvalue weighted by Gasteiger charge is -2.12. The van der Waals surface area contributed by atoms with Gasteiger partial charge in [-0.05, 0) is 29.8 Å². The number of fused-ring (bicyclic) bond motifs is 1. The van der Waals surface area contributed by atoms with Crippen molar-refractivity contribution in [2.75, 3.05) is 13.2 Å². The number of aliphatic hydroxyl groups is 1. The molecule has 1 amide bonds. The molecule has 1 unspecified atom stereocenters. The highest BCUT2D eigenvalue weighted by Gasteiger charge is 2.31. The van der Waals surface area contributed by atoms with Crippen LogP contribution in [0.5, 0.6) is 5.75 Å². The number of carbonyl (C=O) groups is 1. The maximum atomic E-state index is 13.0. The van der Waals surface area contributed by atoms with Crippen LogP contribution in [0.3, 0.4) is 0 Å². The van der Waals surface area contributed by atoms with Gasteiger partial charge in [0.2, 0.25) is 0 Å². The van der Waals surface area contributed by atoms with Gasteiger partial charge in [-0.2, -0.15) is 13.2 Å². The van der Waals surface area contributed by atoms with Crippen molar-refractivity contribution in [2.24, 2.45) is 0 Å². The fourth-order valence-corrected chi connectivity index (χ4v) is 3.82. The first-order chi connectivity index (χ1) is 15.3. The van der Waals surface area contributed by atoms with Crippen molar-refractivity contribution in [3.63, 3.8) is 0 Å².